The molecule has 0 saturated heterocycles. The maximum absolute atomic E-state index is 12.2. The summed E-state index contributed by atoms with van der Waals surface area (Å²) in [4.78, 5) is 14.3. The molecule has 1 aromatic heterocycles. The lowest BCUT2D eigenvalue weighted by Gasteiger charge is -2.09. The zero-order valence-electron chi connectivity index (χ0n) is 12.8. The van der Waals surface area contributed by atoms with Gasteiger partial charge in [-0.05, 0) is 50.9 Å². The van der Waals surface area contributed by atoms with Crippen molar-refractivity contribution in [3.05, 3.63) is 59.4 Å². The van der Waals surface area contributed by atoms with Gasteiger partial charge in [-0.25, -0.2) is 0 Å². The van der Waals surface area contributed by atoms with Crippen LogP contribution in [0, 0.1) is 0 Å². The highest BCUT2D eigenvalue weighted by Gasteiger charge is 2.04. The molecule has 0 aliphatic carbocycles. The lowest BCUT2D eigenvalue weighted by atomic mass is 10.1. The lowest BCUT2D eigenvalue weighted by Crippen LogP contribution is -2.11. The molecule has 0 atom stereocenters. The van der Waals surface area contributed by atoms with E-state index in [1.54, 1.807) is 12.3 Å². The zero-order valence-corrected chi connectivity index (χ0v) is 12.8. The maximum Gasteiger partial charge on any atom is 0.185 e. The van der Waals surface area contributed by atoms with E-state index in [-0.39, 0.29) is 5.78 Å². The highest BCUT2D eigenvalue weighted by atomic mass is 16.1. The van der Waals surface area contributed by atoms with Crippen molar-refractivity contribution in [3.8, 4) is 0 Å². The van der Waals surface area contributed by atoms with Crippen LogP contribution in [-0.2, 0) is 13.1 Å². The van der Waals surface area contributed by atoms with Gasteiger partial charge in [0.15, 0.2) is 5.78 Å². The molecule has 0 bridgehead atoms. The molecule has 2 rings (SSSR count). The first-order valence-electron chi connectivity index (χ1n) is 7.08. The van der Waals surface area contributed by atoms with E-state index in [1.165, 1.54) is 0 Å². The van der Waals surface area contributed by atoms with E-state index < -0.39 is 0 Å². The second-order valence-corrected chi connectivity index (χ2v) is 5.21. The van der Waals surface area contributed by atoms with Gasteiger partial charge in [-0.15, -0.1) is 0 Å². The molecule has 1 aromatic carbocycles. The fourth-order valence-corrected chi connectivity index (χ4v) is 2.19. The summed E-state index contributed by atoms with van der Waals surface area (Å²) >= 11 is 0. The molecule has 0 aliphatic heterocycles. The highest BCUT2D eigenvalue weighted by molar-refractivity contribution is 6.06. The standard InChI is InChI=1S/C17H21N3O/c1-4-20-16(10-11-18-20)8-9-17(21)15-7-5-6-14(12-15)13-19(2)3/h5-12H,4,13H2,1-3H3/b9-8+. The van der Waals surface area contributed by atoms with Crippen molar-refractivity contribution in [1.29, 1.82) is 0 Å². The average molecular weight is 283 g/mol. The monoisotopic (exact) mass is 283 g/mol. The number of carbonyl (C=O) groups excluding carboxylic acids is 1. The Morgan fingerprint density at radius 2 is 2.14 bits per heavy atom. The first kappa shape index (κ1) is 15.2. The Morgan fingerprint density at radius 1 is 1.33 bits per heavy atom. The van der Waals surface area contributed by atoms with Gasteiger partial charge in [0.1, 0.15) is 0 Å². The van der Waals surface area contributed by atoms with E-state index in [0.717, 1.165) is 24.3 Å². The van der Waals surface area contributed by atoms with E-state index in [4.69, 9.17) is 0 Å². The SMILES string of the molecule is CCn1nccc1/C=C/C(=O)c1cccc(CN(C)C)c1. The third-order valence-electron chi connectivity index (χ3n) is 3.16. The molecule has 1 heterocycles. The van der Waals surface area contributed by atoms with Crippen molar-refractivity contribution in [2.45, 2.75) is 20.0 Å². The summed E-state index contributed by atoms with van der Waals surface area (Å²) in [6.07, 6.45) is 5.17. The molecule has 0 unspecified atom stereocenters. The Kier molecular flexibility index (Phi) is 5.06. The minimum atomic E-state index is 0.0134. The topological polar surface area (TPSA) is 38.1 Å². The number of aromatic nitrogens is 2. The van der Waals surface area contributed by atoms with Crippen LogP contribution >= 0.6 is 0 Å². The fourth-order valence-electron chi connectivity index (χ4n) is 2.19. The van der Waals surface area contributed by atoms with Gasteiger partial charge in [-0.3, -0.25) is 9.48 Å². The largest absolute Gasteiger partial charge is 0.305 e. The van der Waals surface area contributed by atoms with Crippen LogP contribution in [0.3, 0.4) is 0 Å². The Balaban J connectivity index is 2.13. The Labute approximate surface area is 125 Å². The smallest absolute Gasteiger partial charge is 0.185 e. The molecule has 0 aliphatic rings. The van der Waals surface area contributed by atoms with E-state index >= 15 is 0 Å². The zero-order chi connectivity index (χ0) is 15.2. The molecular formula is C17H21N3O. The average Bonchev–Trinajstić information content (AvgIpc) is 2.91. The Bertz CT molecular complexity index is 641. The van der Waals surface area contributed by atoms with Crippen molar-refractivity contribution in [3.63, 3.8) is 0 Å². The van der Waals surface area contributed by atoms with Crippen LogP contribution in [0.1, 0.15) is 28.5 Å². The Morgan fingerprint density at radius 3 is 2.86 bits per heavy atom. The fraction of sp³-hybridized carbons (Fsp3) is 0.294. The van der Waals surface area contributed by atoms with Crippen molar-refractivity contribution >= 4 is 11.9 Å². The minimum absolute atomic E-state index is 0.0134. The van der Waals surface area contributed by atoms with Crippen molar-refractivity contribution in [2.24, 2.45) is 0 Å². The van der Waals surface area contributed by atoms with Gasteiger partial charge in [0, 0.05) is 24.8 Å². The van der Waals surface area contributed by atoms with Crippen LogP contribution in [0.4, 0.5) is 0 Å². The van der Waals surface area contributed by atoms with Crippen LogP contribution in [0.25, 0.3) is 6.08 Å². The second kappa shape index (κ2) is 6.99. The predicted octanol–water partition coefficient (Wildman–Crippen LogP) is 2.86. The number of rotatable bonds is 6. The maximum atomic E-state index is 12.2. The van der Waals surface area contributed by atoms with E-state index in [9.17, 15) is 4.79 Å². The Hall–Kier alpha value is -2.20. The molecule has 0 N–H and O–H groups in total. The molecule has 4 nitrogen and oxygen atoms in total. The first-order valence-corrected chi connectivity index (χ1v) is 7.08. The molecule has 0 amide bonds. The van der Waals surface area contributed by atoms with Gasteiger partial charge in [-0.1, -0.05) is 18.2 Å². The van der Waals surface area contributed by atoms with Crippen LogP contribution in [-0.4, -0.2) is 34.6 Å². The number of hydrogen-bond acceptors (Lipinski definition) is 3. The number of nitrogens with zero attached hydrogens (tertiary/aromatic N) is 3. The van der Waals surface area contributed by atoms with Gasteiger partial charge >= 0.3 is 0 Å². The molecule has 0 radical (unpaired) electrons. The predicted molar refractivity (Wildman–Crippen MR) is 85.1 cm³/mol. The number of carbonyl (C=O) groups is 1. The summed E-state index contributed by atoms with van der Waals surface area (Å²) in [5.74, 6) is 0.0134. The van der Waals surface area contributed by atoms with Crippen LogP contribution < -0.4 is 0 Å². The van der Waals surface area contributed by atoms with Crippen LogP contribution in [0.15, 0.2) is 42.6 Å². The molecule has 2 aromatic rings. The number of ketones is 1. The van der Waals surface area contributed by atoms with Crippen molar-refractivity contribution < 1.29 is 4.79 Å². The van der Waals surface area contributed by atoms with Gasteiger partial charge in [0.2, 0.25) is 0 Å². The van der Waals surface area contributed by atoms with E-state index in [0.29, 0.717) is 5.56 Å². The number of aryl methyl sites for hydroxylation is 1. The summed E-state index contributed by atoms with van der Waals surface area (Å²) < 4.78 is 1.85. The molecule has 4 heteroatoms. The van der Waals surface area contributed by atoms with Crippen LogP contribution in [0.2, 0.25) is 0 Å². The normalized spacial score (nSPS) is 11.4. The molecule has 0 spiro atoms. The summed E-state index contributed by atoms with van der Waals surface area (Å²) in [7, 11) is 4.03. The number of hydrogen-bond donors (Lipinski definition) is 0. The molecule has 0 fully saturated rings. The molecular weight excluding hydrogens is 262 g/mol. The van der Waals surface area contributed by atoms with E-state index in [1.807, 2.05) is 62.1 Å². The van der Waals surface area contributed by atoms with Gasteiger partial charge in [0.25, 0.3) is 0 Å². The summed E-state index contributed by atoms with van der Waals surface area (Å²) in [5, 5.41) is 4.18. The van der Waals surface area contributed by atoms with Crippen molar-refractivity contribution in [2.75, 3.05) is 14.1 Å². The third-order valence-corrected chi connectivity index (χ3v) is 3.16. The molecule has 21 heavy (non-hydrogen) atoms. The highest BCUT2D eigenvalue weighted by Crippen LogP contribution is 2.10. The first-order chi connectivity index (χ1) is 10.1. The quantitative estimate of drug-likeness (QED) is 0.604. The lowest BCUT2D eigenvalue weighted by molar-refractivity contribution is 0.104. The third kappa shape index (κ3) is 4.13. The minimum Gasteiger partial charge on any atom is -0.305 e. The van der Waals surface area contributed by atoms with Crippen LogP contribution in [0.5, 0.6) is 0 Å². The van der Waals surface area contributed by atoms with E-state index in [2.05, 4.69) is 10.00 Å². The van der Waals surface area contributed by atoms with Crippen molar-refractivity contribution in [1.82, 2.24) is 14.7 Å². The van der Waals surface area contributed by atoms with Gasteiger partial charge < -0.3 is 4.90 Å². The summed E-state index contributed by atoms with van der Waals surface area (Å²) in [6, 6.07) is 9.66. The number of benzene rings is 1. The summed E-state index contributed by atoms with van der Waals surface area (Å²) in [5.41, 5.74) is 2.79. The molecule has 0 saturated carbocycles. The van der Waals surface area contributed by atoms with Gasteiger partial charge in [-0.2, -0.15) is 5.10 Å². The number of allylic oxidation sites excluding steroid dienone is 1. The summed E-state index contributed by atoms with van der Waals surface area (Å²) in [6.45, 7) is 3.64. The van der Waals surface area contributed by atoms with Gasteiger partial charge in [0.05, 0.1) is 5.69 Å². The second-order valence-electron chi connectivity index (χ2n) is 5.21. The molecule has 110 valence electrons.